The molecule has 1 aliphatic rings. The van der Waals surface area contributed by atoms with Crippen molar-refractivity contribution in [3.8, 4) is 0 Å². The van der Waals surface area contributed by atoms with Crippen LogP contribution in [-0.2, 0) is 9.59 Å². The number of carboxylic acids is 1. The van der Waals surface area contributed by atoms with Crippen molar-refractivity contribution in [2.75, 3.05) is 0 Å². The highest BCUT2D eigenvalue weighted by Gasteiger charge is 2.28. The molecule has 16 heavy (non-hydrogen) atoms. The zero-order valence-corrected chi connectivity index (χ0v) is 9.61. The average molecular weight is 228 g/mol. The van der Waals surface area contributed by atoms with Gasteiger partial charge in [-0.05, 0) is 25.7 Å². The van der Waals surface area contributed by atoms with Gasteiger partial charge in [0.1, 0.15) is 0 Å². The Hall–Kier alpha value is -1.10. The number of hydrogen-bond acceptors (Lipinski definition) is 3. The van der Waals surface area contributed by atoms with Crippen LogP contribution in [0.15, 0.2) is 0 Å². The third-order valence-electron chi connectivity index (χ3n) is 3.15. The standard InChI is InChI=1S/C11H20N2O3/c1-2-9(12)10(14)13-8-5-3-4-7(6-8)11(15)16/h7-9H,2-6,12H2,1H3,(H,13,14)(H,15,16). The third kappa shape index (κ3) is 3.48. The minimum Gasteiger partial charge on any atom is -0.481 e. The normalized spacial score (nSPS) is 27.1. The van der Waals surface area contributed by atoms with E-state index >= 15 is 0 Å². The summed E-state index contributed by atoms with van der Waals surface area (Å²) in [4.78, 5) is 22.4. The first-order chi connectivity index (χ1) is 7.54. The zero-order chi connectivity index (χ0) is 12.1. The second kappa shape index (κ2) is 5.84. The van der Waals surface area contributed by atoms with E-state index in [0.717, 1.165) is 12.8 Å². The van der Waals surface area contributed by atoms with Crippen LogP contribution < -0.4 is 11.1 Å². The molecule has 0 radical (unpaired) electrons. The number of carboxylic acid groups (broad SMARTS) is 1. The van der Waals surface area contributed by atoms with Crippen molar-refractivity contribution in [2.45, 2.75) is 51.1 Å². The topological polar surface area (TPSA) is 92.4 Å². The van der Waals surface area contributed by atoms with Gasteiger partial charge in [0, 0.05) is 6.04 Å². The smallest absolute Gasteiger partial charge is 0.306 e. The van der Waals surface area contributed by atoms with Crippen LogP contribution in [0.3, 0.4) is 0 Å². The van der Waals surface area contributed by atoms with E-state index in [9.17, 15) is 9.59 Å². The second-order valence-electron chi connectivity index (χ2n) is 4.42. The minimum atomic E-state index is -0.765. The van der Waals surface area contributed by atoms with Crippen LogP contribution in [0.2, 0.25) is 0 Å². The molecule has 1 amide bonds. The molecule has 1 saturated carbocycles. The predicted octanol–water partition coefficient (Wildman–Crippen LogP) is 0.483. The van der Waals surface area contributed by atoms with Crippen LogP contribution in [0.1, 0.15) is 39.0 Å². The minimum absolute atomic E-state index is 0.0278. The summed E-state index contributed by atoms with van der Waals surface area (Å²) in [6.07, 6.45) is 3.54. The van der Waals surface area contributed by atoms with Crippen molar-refractivity contribution in [1.82, 2.24) is 5.32 Å². The summed E-state index contributed by atoms with van der Waals surface area (Å²) < 4.78 is 0. The fraction of sp³-hybridized carbons (Fsp3) is 0.818. The van der Waals surface area contributed by atoms with Crippen molar-refractivity contribution in [3.63, 3.8) is 0 Å². The summed E-state index contributed by atoms with van der Waals surface area (Å²) in [5.74, 6) is -1.26. The first-order valence-corrected chi connectivity index (χ1v) is 5.83. The van der Waals surface area contributed by atoms with E-state index in [4.69, 9.17) is 10.8 Å². The van der Waals surface area contributed by atoms with E-state index in [-0.39, 0.29) is 17.9 Å². The molecule has 0 bridgehead atoms. The van der Waals surface area contributed by atoms with Crippen LogP contribution >= 0.6 is 0 Å². The largest absolute Gasteiger partial charge is 0.481 e. The van der Waals surface area contributed by atoms with Crippen molar-refractivity contribution >= 4 is 11.9 Å². The Balaban J connectivity index is 2.43. The molecule has 0 saturated heterocycles. The van der Waals surface area contributed by atoms with Crippen LogP contribution in [0.5, 0.6) is 0 Å². The Kier molecular flexibility index (Phi) is 4.73. The highest BCUT2D eigenvalue weighted by atomic mass is 16.4. The average Bonchev–Trinajstić information content (AvgIpc) is 2.28. The maximum atomic E-state index is 11.5. The Bertz CT molecular complexity index is 268. The maximum absolute atomic E-state index is 11.5. The molecule has 0 aromatic rings. The summed E-state index contributed by atoms with van der Waals surface area (Å²) in [6, 6.07) is -0.509. The van der Waals surface area contributed by atoms with Crippen LogP contribution in [-0.4, -0.2) is 29.1 Å². The quantitative estimate of drug-likeness (QED) is 0.652. The number of nitrogens with one attached hydrogen (secondary N) is 1. The molecular weight excluding hydrogens is 208 g/mol. The Morgan fingerprint density at radius 1 is 1.50 bits per heavy atom. The van der Waals surface area contributed by atoms with Gasteiger partial charge in [-0.2, -0.15) is 0 Å². The molecule has 1 rings (SSSR count). The Labute approximate surface area is 95.4 Å². The van der Waals surface area contributed by atoms with E-state index in [1.807, 2.05) is 6.92 Å². The van der Waals surface area contributed by atoms with Gasteiger partial charge in [0.2, 0.25) is 5.91 Å². The van der Waals surface area contributed by atoms with E-state index in [2.05, 4.69) is 5.32 Å². The Morgan fingerprint density at radius 2 is 2.19 bits per heavy atom. The fourth-order valence-corrected chi connectivity index (χ4v) is 2.04. The molecule has 0 spiro atoms. The van der Waals surface area contributed by atoms with Gasteiger partial charge in [0.25, 0.3) is 0 Å². The van der Waals surface area contributed by atoms with E-state index in [1.165, 1.54) is 0 Å². The molecule has 5 heteroatoms. The van der Waals surface area contributed by atoms with Crippen LogP contribution in [0.4, 0.5) is 0 Å². The van der Waals surface area contributed by atoms with E-state index in [0.29, 0.717) is 19.3 Å². The fourth-order valence-electron chi connectivity index (χ4n) is 2.04. The van der Waals surface area contributed by atoms with Crippen molar-refractivity contribution < 1.29 is 14.7 Å². The van der Waals surface area contributed by atoms with Gasteiger partial charge >= 0.3 is 5.97 Å². The molecule has 3 atom stereocenters. The van der Waals surface area contributed by atoms with E-state index < -0.39 is 12.0 Å². The lowest BCUT2D eigenvalue weighted by Crippen LogP contribution is -2.47. The van der Waals surface area contributed by atoms with Gasteiger partial charge in [0.15, 0.2) is 0 Å². The number of amides is 1. The van der Waals surface area contributed by atoms with Gasteiger partial charge in [-0.3, -0.25) is 9.59 Å². The number of aliphatic carboxylic acids is 1. The summed E-state index contributed by atoms with van der Waals surface area (Å²) >= 11 is 0. The second-order valence-corrected chi connectivity index (χ2v) is 4.42. The third-order valence-corrected chi connectivity index (χ3v) is 3.15. The summed E-state index contributed by atoms with van der Waals surface area (Å²) in [6.45, 7) is 1.85. The monoisotopic (exact) mass is 228 g/mol. The van der Waals surface area contributed by atoms with Gasteiger partial charge in [-0.25, -0.2) is 0 Å². The molecule has 0 heterocycles. The molecule has 92 valence electrons. The van der Waals surface area contributed by atoms with Crippen LogP contribution in [0.25, 0.3) is 0 Å². The van der Waals surface area contributed by atoms with Gasteiger partial charge < -0.3 is 16.2 Å². The van der Waals surface area contributed by atoms with E-state index in [1.54, 1.807) is 0 Å². The number of rotatable bonds is 4. The molecule has 1 aliphatic carbocycles. The lowest BCUT2D eigenvalue weighted by molar-refractivity contribution is -0.143. The summed E-state index contributed by atoms with van der Waals surface area (Å²) in [5.41, 5.74) is 5.60. The lowest BCUT2D eigenvalue weighted by atomic mass is 9.85. The summed E-state index contributed by atoms with van der Waals surface area (Å²) in [5, 5.41) is 11.7. The number of nitrogens with two attached hydrogens (primary N) is 1. The summed E-state index contributed by atoms with van der Waals surface area (Å²) in [7, 11) is 0. The molecule has 4 N–H and O–H groups in total. The van der Waals surface area contributed by atoms with Crippen LogP contribution in [0, 0.1) is 5.92 Å². The zero-order valence-electron chi connectivity index (χ0n) is 9.61. The first-order valence-electron chi connectivity index (χ1n) is 5.83. The van der Waals surface area contributed by atoms with Gasteiger partial charge in [0.05, 0.1) is 12.0 Å². The SMILES string of the molecule is CCC(N)C(=O)NC1CCCC(C(=O)O)C1. The molecular formula is C11H20N2O3. The van der Waals surface area contributed by atoms with Gasteiger partial charge in [-0.15, -0.1) is 0 Å². The molecule has 0 aromatic carbocycles. The highest BCUT2D eigenvalue weighted by molar-refractivity contribution is 5.81. The number of carbonyl (C=O) groups excluding carboxylic acids is 1. The molecule has 1 fully saturated rings. The molecule has 3 unspecified atom stereocenters. The predicted molar refractivity (Wildman–Crippen MR) is 59.8 cm³/mol. The van der Waals surface area contributed by atoms with Crippen molar-refractivity contribution in [3.05, 3.63) is 0 Å². The van der Waals surface area contributed by atoms with Gasteiger partial charge in [-0.1, -0.05) is 13.3 Å². The number of hydrogen-bond donors (Lipinski definition) is 3. The lowest BCUT2D eigenvalue weighted by Gasteiger charge is -2.28. The first kappa shape index (κ1) is 13.0. The highest BCUT2D eigenvalue weighted by Crippen LogP contribution is 2.24. The Morgan fingerprint density at radius 3 is 2.75 bits per heavy atom. The maximum Gasteiger partial charge on any atom is 0.306 e. The molecule has 0 aromatic heterocycles. The van der Waals surface area contributed by atoms with Crippen molar-refractivity contribution in [1.29, 1.82) is 0 Å². The molecule has 0 aliphatic heterocycles. The number of carbonyl (C=O) groups is 2. The molecule has 5 nitrogen and oxygen atoms in total. The van der Waals surface area contributed by atoms with Crippen molar-refractivity contribution in [2.24, 2.45) is 11.7 Å².